The molecule has 3 aliphatic carbocycles. The van der Waals surface area contributed by atoms with Crippen molar-refractivity contribution in [1.82, 2.24) is 4.98 Å². The van der Waals surface area contributed by atoms with Crippen LogP contribution in [0.4, 0.5) is 0 Å². The van der Waals surface area contributed by atoms with E-state index < -0.39 is 5.60 Å². The maximum Gasteiger partial charge on any atom is 0.103 e. The summed E-state index contributed by atoms with van der Waals surface area (Å²) in [6.07, 6.45) is 10.3. The molecule has 1 aliphatic heterocycles. The first-order valence-electron chi connectivity index (χ1n) is 10.7. The molecule has 0 aromatic carbocycles. The number of aliphatic imine (C=N–C) groups is 1. The van der Waals surface area contributed by atoms with Gasteiger partial charge in [0.05, 0.1) is 6.04 Å². The third-order valence-electron chi connectivity index (χ3n) is 7.74. The van der Waals surface area contributed by atoms with Gasteiger partial charge in [-0.1, -0.05) is 19.9 Å². The van der Waals surface area contributed by atoms with Crippen LogP contribution in [0.2, 0.25) is 0 Å². The van der Waals surface area contributed by atoms with Gasteiger partial charge in [-0.2, -0.15) is 0 Å². The molecule has 1 aromatic rings. The highest BCUT2D eigenvalue weighted by atomic mass is 16.5. The number of pyridine rings is 1. The summed E-state index contributed by atoms with van der Waals surface area (Å²) in [5.74, 6) is 1.72. The summed E-state index contributed by atoms with van der Waals surface area (Å²) in [7, 11) is 0. The molecule has 0 spiro atoms. The molecule has 148 valence electrons. The van der Waals surface area contributed by atoms with Crippen molar-refractivity contribution in [3.05, 3.63) is 30.1 Å². The van der Waals surface area contributed by atoms with Gasteiger partial charge >= 0.3 is 0 Å². The van der Waals surface area contributed by atoms with Gasteiger partial charge in [-0.25, -0.2) is 0 Å². The summed E-state index contributed by atoms with van der Waals surface area (Å²) in [4.78, 5) is 9.51. The summed E-state index contributed by atoms with van der Waals surface area (Å²) in [6.45, 7) is 8.39. The maximum absolute atomic E-state index is 11.3. The van der Waals surface area contributed by atoms with Gasteiger partial charge in [0.1, 0.15) is 5.60 Å². The Bertz CT molecular complexity index is 677. The van der Waals surface area contributed by atoms with Gasteiger partial charge in [0.25, 0.3) is 0 Å². The molecule has 1 saturated heterocycles. The lowest BCUT2D eigenvalue weighted by Crippen LogP contribution is -2.64. The van der Waals surface area contributed by atoms with Gasteiger partial charge in [0, 0.05) is 31.3 Å². The van der Waals surface area contributed by atoms with E-state index >= 15 is 0 Å². The largest absolute Gasteiger partial charge is 0.384 e. The zero-order valence-corrected chi connectivity index (χ0v) is 17.0. The Hall–Kier alpha value is -1.26. The van der Waals surface area contributed by atoms with E-state index in [0.29, 0.717) is 11.8 Å². The van der Waals surface area contributed by atoms with Gasteiger partial charge < -0.3 is 9.84 Å². The number of rotatable bonds is 5. The Kier molecular flexibility index (Phi) is 5.15. The molecular formula is C23H34N2O2. The van der Waals surface area contributed by atoms with Crippen molar-refractivity contribution in [2.24, 2.45) is 28.2 Å². The quantitative estimate of drug-likeness (QED) is 0.825. The third-order valence-corrected chi connectivity index (χ3v) is 7.74. The van der Waals surface area contributed by atoms with Crippen LogP contribution < -0.4 is 0 Å². The van der Waals surface area contributed by atoms with Crippen LogP contribution in [0.15, 0.2) is 29.5 Å². The van der Waals surface area contributed by atoms with Crippen LogP contribution in [0.25, 0.3) is 0 Å². The number of fused-ring (bicyclic) bond motifs is 2. The zero-order chi connectivity index (χ0) is 19.1. The molecule has 2 bridgehead atoms. The number of hydrogen-bond acceptors (Lipinski definition) is 4. The second-order valence-electron chi connectivity index (χ2n) is 9.67. The molecule has 1 N–H and O–H groups in total. The molecule has 1 aromatic heterocycles. The van der Waals surface area contributed by atoms with Crippen LogP contribution in [-0.4, -0.2) is 34.6 Å². The van der Waals surface area contributed by atoms with Gasteiger partial charge in [-0.15, -0.1) is 0 Å². The van der Waals surface area contributed by atoms with Crippen molar-refractivity contribution in [2.45, 2.75) is 70.9 Å². The summed E-state index contributed by atoms with van der Waals surface area (Å²) < 4.78 is 5.51. The highest BCUT2D eigenvalue weighted by Crippen LogP contribution is 2.61. The van der Waals surface area contributed by atoms with E-state index in [4.69, 9.17) is 9.73 Å². The highest BCUT2D eigenvalue weighted by molar-refractivity contribution is 5.94. The van der Waals surface area contributed by atoms with Gasteiger partial charge in [0.15, 0.2) is 0 Å². The van der Waals surface area contributed by atoms with E-state index in [2.05, 4.69) is 24.9 Å². The first-order valence-corrected chi connectivity index (χ1v) is 10.7. The van der Waals surface area contributed by atoms with Crippen LogP contribution in [-0.2, 0) is 4.74 Å². The summed E-state index contributed by atoms with van der Waals surface area (Å²) in [6, 6.07) is 4.23. The molecule has 2 heterocycles. The fourth-order valence-electron chi connectivity index (χ4n) is 5.64. The second kappa shape index (κ2) is 7.29. The van der Waals surface area contributed by atoms with E-state index in [1.807, 2.05) is 25.4 Å². The molecule has 0 amide bonds. The molecule has 4 atom stereocenters. The molecule has 0 radical (unpaired) electrons. The first kappa shape index (κ1) is 19.1. The second-order valence-corrected chi connectivity index (χ2v) is 9.67. The lowest BCUT2D eigenvalue weighted by molar-refractivity contribution is -0.134. The normalized spacial score (nSPS) is 35.6. The van der Waals surface area contributed by atoms with Gasteiger partial charge in [-0.05, 0) is 80.2 Å². The topological polar surface area (TPSA) is 54.7 Å². The van der Waals surface area contributed by atoms with Gasteiger partial charge in [-0.3, -0.25) is 9.98 Å². The number of ether oxygens (including phenoxy) is 1. The van der Waals surface area contributed by atoms with Crippen LogP contribution in [0, 0.1) is 23.2 Å². The number of aromatic nitrogens is 1. The SMILES string of the molecule is CC1(O)/C(=N/C(CCC2CCOCC2)c2cccnc2)CC2CC1C2(C)C. The van der Waals surface area contributed by atoms with Crippen molar-refractivity contribution in [1.29, 1.82) is 0 Å². The van der Waals surface area contributed by atoms with Crippen LogP contribution >= 0.6 is 0 Å². The Balaban J connectivity index is 1.54. The smallest absolute Gasteiger partial charge is 0.103 e. The minimum absolute atomic E-state index is 0.101. The van der Waals surface area contributed by atoms with Crippen molar-refractivity contribution in [3.8, 4) is 0 Å². The zero-order valence-electron chi connectivity index (χ0n) is 17.0. The van der Waals surface area contributed by atoms with Crippen molar-refractivity contribution >= 4 is 5.71 Å². The number of nitrogens with zero attached hydrogens (tertiary/aromatic N) is 2. The molecule has 3 saturated carbocycles. The predicted molar refractivity (Wildman–Crippen MR) is 108 cm³/mol. The fraction of sp³-hybridized carbons (Fsp3) is 0.739. The fourth-order valence-corrected chi connectivity index (χ4v) is 5.64. The average Bonchev–Trinajstić information content (AvgIpc) is 2.67. The average molecular weight is 371 g/mol. The van der Waals surface area contributed by atoms with Crippen LogP contribution in [0.3, 0.4) is 0 Å². The predicted octanol–water partition coefficient (Wildman–Crippen LogP) is 4.59. The first-order chi connectivity index (χ1) is 12.9. The Labute approximate surface area is 163 Å². The third kappa shape index (κ3) is 3.58. The van der Waals surface area contributed by atoms with Crippen molar-refractivity contribution in [2.75, 3.05) is 13.2 Å². The lowest BCUT2D eigenvalue weighted by atomic mass is 9.44. The number of aliphatic hydroxyl groups is 1. The lowest BCUT2D eigenvalue weighted by Gasteiger charge is -2.62. The molecule has 4 heteroatoms. The Morgan fingerprint density at radius 1 is 1.30 bits per heavy atom. The van der Waals surface area contributed by atoms with Crippen LogP contribution in [0.5, 0.6) is 0 Å². The minimum atomic E-state index is -0.780. The molecule has 4 fully saturated rings. The van der Waals surface area contributed by atoms with Crippen LogP contribution in [0.1, 0.15) is 70.9 Å². The number of hydrogen-bond donors (Lipinski definition) is 1. The highest BCUT2D eigenvalue weighted by Gasteiger charge is 2.61. The Morgan fingerprint density at radius 2 is 2.07 bits per heavy atom. The van der Waals surface area contributed by atoms with E-state index in [1.54, 1.807) is 0 Å². The summed E-state index contributed by atoms with van der Waals surface area (Å²) >= 11 is 0. The Morgan fingerprint density at radius 3 is 2.70 bits per heavy atom. The van der Waals surface area contributed by atoms with Gasteiger partial charge in [0.2, 0.25) is 0 Å². The summed E-state index contributed by atoms with van der Waals surface area (Å²) in [5.41, 5.74) is 1.64. The van der Waals surface area contributed by atoms with E-state index in [0.717, 1.165) is 56.9 Å². The van der Waals surface area contributed by atoms with E-state index in [-0.39, 0.29) is 11.5 Å². The molecule has 5 rings (SSSR count). The maximum atomic E-state index is 11.3. The van der Waals surface area contributed by atoms with E-state index in [9.17, 15) is 5.11 Å². The van der Waals surface area contributed by atoms with Crippen molar-refractivity contribution < 1.29 is 9.84 Å². The summed E-state index contributed by atoms with van der Waals surface area (Å²) in [5, 5.41) is 11.3. The minimum Gasteiger partial charge on any atom is -0.384 e. The molecular weight excluding hydrogens is 336 g/mol. The monoisotopic (exact) mass is 370 g/mol. The molecule has 4 unspecified atom stereocenters. The standard InChI is InChI=1S/C23H34N2O2/c1-22(2)18-13-20(22)23(3,26)21(14-18)25-19(17-5-4-10-24-15-17)7-6-16-8-11-27-12-9-16/h4-5,10,15-16,18-20,26H,6-9,11-14H2,1-3H3/b25-21+. The van der Waals surface area contributed by atoms with Crippen molar-refractivity contribution in [3.63, 3.8) is 0 Å². The molecule has 4 aliphatic rings. The molecule has 4 nitrogen and oxygen atoms in total. The van der Waals surface area contributed by atoms with E-state index in [1.165, 1.54) is 12.0 Å². The molecule has 27 heavy (non-hydrogen) atoms.